The Morgan fingerprint density at radius 2 is 1.81 bits per heavy atom. The fourth-order valence-electron chi connectivity index (χ4n) is 2.94. The second-order valence-electron chi connectivity index (χ2n) is 5.62. The molecule has 2 rings (SSSR count). The maximum absolute atomic E-state index is 12.2. The smallest absolute Gasteiger partial charge is 0.314 e. The number of rotatable bonds is 5. The maximum atomic E-state index is 12.2. The highest BCUT2D eigenvalue weighted by Gasteiger charge is 2.27. The quantitative estimate of drug-likeness (QED) is 0.463. The zero-order chi connectivity index (χ0) is 15.1. The van der Waals surface area contributed by atoms with Gasteiger partial charge < -0.3 is 9.47 Å². The lowest BCUT2D eigenvalue weighted by molar-refractivity contribution is -0.140. The van der Waals surface area contributed by atoms with Crippen LogP contribution in [-0.4, -0.2) is 5.97 Å². The molecule has 3 heteroatoms. The van der Waals surface area contributed by atoms with Gasteiger partial charge in [-0.15, -0.1) is 0 Å². The van der Waals surface area contributed by atoms with Crippen LogP contribution < -0.4 is 9.47 Å². The lowest BCUT2D eigenvalue weighted by Gasteiger charge is -2.26. The molecule has 0 spiro atoms. The highest BCUT2D eigenvalue weighted by Crippen LogP contribution is 2.32. The third-order valence-electron chi connectivity index (χ3n) is 4.10. The van der Waals surface area contributed by atoms with Crippen LogP contribution in [0.3, 0.4) is 0 Å². The van der Waals surface area contributed by atoms with Gasteiger partial charge in [0.05, 0.1) is 5.92 Å². The normalized spacial score (nSPS) is 21.3. The molecule has 0 N–H and O–H groups in total. The number of carbonyl (C=O) groups is 1. The monoisotopic (exact) mass is 286 g/mol. The van der Waals surface area contributed by atoms with Crippen LogP contribution in [0.2, 0.25) is 0 Å². The van der Waals surface area contributed by atoms with Gasteiger partial charge in [-0.1, -0.05) is 26.2 Å². The lowest BCUT2D eigenvalue weighted by atomic mass is 9.80. The summed E-state index contributed by atoms with van der Waals surface area (Å²) in [5, 5.41) is 0. The van der Waals surface area contributed by atoms with Gasteiger partial charge in [-0.2, -0.15) is 0 Å². The number of hydrogen-bond donors (Lipinski definition) is 0. The zero-order valence-electron chi connectivity index (χ0n) is 12.5. The average Bonchev–Trinajstić information content (AvgIpc) is 2.50. The van der Waals surface area contributed by atoms with Crippen molar-refractivity contribution in [2.45, 2.75) is 45.4 Å². The maximum Gasteiger partial charge on any atom is 0.314 e. The first-order valence-corrected chi connectivity index (χ1v) is 7.67. The van der Waals surface area contributed by atoms with Crippen molar-refractivity contribution in [1.82, 2.24) is 0 Å². The molecule has 0 aliphatic heterocycles. The molecule has 1 saturated carbocycles. The summed E-state index contributed by atoms with van der Waals surface area (Å²) >= 11 is 0. The van der Waals surface area contributed by atoms with Crippen molar-refractivity contribution in [3.05, 3.63) is 24.3 Å². The molecule has 0 saturated heterocycles. The fraction of sp³-hybridized carbons (Fsp3) is 0.500. The summed E-state index contributed by atoms with van der Waals surface area (Å²) in [4.78, 5) is 12.2. The first-order valence-electron chi connectivity index (χ1n) is 7.67. The summed E-state index contributed by atoms with van der Waals surface area (Å²) in [7, 11) is 0. The minimum absolute atomic E-state index is 0.0414. The molecule has 1 fully saturated rings. The van der Waals surface area contributed by atoms with Gasteiger partial charge in [0.1, 0.15) is 17.6 Å². The third-order valence-corrected chi connectivity index (χ3v) is 4.10. The number of esters is 1. The molecule has 3 nitrogen and oxygen atoms in total. The van der Waals surface area contributed by atoms with E-state index in [0.29, 0.717) is 11.5 Å². The lowest BCUT2D eigenvalue weighted by Crippen LogP contribution is -2.25. The molecule has 0 bridgehead atoms. The van der Waals surface area contributed by atoms with E-state index in [9.17, 15) is 4.79 Å². The first-order chi connectivity index (χ1) is 10.2. The molecule has 0 heterocycles. The van der Waals surface area contributed by atoms with Crippen molar-refractivity contribution < 1.29 is 14.3 Å². The molecule has 0 aromatic heterocycles. The van der Waals surface area contributed by atoms with Crippen LogP contribution in [0.4, 0.5) is 0 Å². The summed E-state index contributed by atoms with van der Waals surface area (Å²) in [6.45, 7) is 2.22. The van der Waals surface area contributed by atoms with Crippen LogP contribution in [0.1, 0.15) is 45.4 Å². The topological polar surface area (TPSA) is 35.5 Å². The zero-order valence-corrected chi connectivity index (χ0v) is 12.5. The Morgan fingerprint density at radius 3 is 2.38 bits per heavy atom. The molecule has 112 valence electrons. The van der Waals surface area contributed by atoms with Crippen molar-refractivity contribution in [2.24, 2.45) is 11.8 Å². The van der Waals surface area contributed by atoms with Crippen LogP contribution in [0.25, 0.3) is 0 Å². The largest absolute Gasteiger partial charge is 0.426 e. The van der Waals surface area contributed by atoms with Gasteiger partial charge in [-0.3, -0.25) is 4.79 Å². The van der Waals surface area contributed by atoms with Crippen LogP contribution in [0.15, 0.2) is 24.3 Å². The van der Waals surface area contributed by atoms with Crippen LogP contribution >= 0.6 is 0 Å². The Bertz CT molecular complexity index is 490. The molecule has 0 amide bonds. The van der Waals surface area contributed by atoms with Gasteiger partial charge in [0.15, 0.2) is 0 Å². The van der Waals surface area contributed by atoms with E-state index in [1.165, 1.54) is 12.8 Å². The van der Waals surface area contributed by atoms with E-state index in [2.05, 4.69) is 13.0 Å². The Kier molecular flexibility index (Phi) is 5.68. The minimum atomic E-state index is -0.115. The van der Waals surface area contributed by atoms with Crippen LogP contribution in [0, 0.1) is 24.4 Å². The summed E-state index contributed by atoms with van der Waals surface area (Å²) in [6.07, 6.45) is 13.8. The summed E-state index contributed by atoms with van der Waals surface area (Å²) in [5.74, 6) is 1.83. The van der Waals surface area contributed by atoms with E-state index >= 15 is 0 Å². The van der Waals surface area contributed by atoms with E-state index in [0.717, 1.165) is 31.6 Å². The first kappa shape index (κ1) is 15.4. The Morgan fingerprint density at radius 1 is 1.19 bits per heavy atom. The third kappa shape index (κ3) is 4.53. The average molecular weight is 286 g/mol. The SMILES string of the molecule is C#COc1ccc(OC(=O)C2CCC(CCC)CC2)cc1. The minimum Gasteiger partial charge on any atom is -0.426 e. The molecule has 0 unspecified atom stereocenters. The molecule has 1 aromatic rings. The van der Waals surface area contributed by atoms with Gasteiger partial charge in [0.2, 0.25) is 0 Å². The van der Waals surface area contributed by atoms with Gasteiger partial charge in [-0.25, -0.2) is 0 Å². The number of hydrogen-bond acceptors (Lipinski definition) is 3. The number of ether oxygens (including phenoxy) is 2. The summed E-state index contributed by atoms with van der Waals surface area (Å²) < 4.78 is 10.3. The molecule has 1 aliphatic rings. The molecule has 1 aliphatic carbocycles. The number of benzene rings is 1. The molecule has 0 atom stereocenters. The van der Waals surface area contributed by atoms with Crippen molar-refractivity contribution in [2.75, 3.05) is 0 Å². The molecule has 0 radical (unpaired) electrons. The standard InChI is InChI=1S/C18H22O3/c1-3-5-14-6-8-15(9-7-14)18(19)21-17-12-10-16(11-13-17)20-4-2/h2,10-15H,3,5-9H2,1H3. The Labute approximate surface area is 126 Å². The predicted molar refractivity (Wildman–Crippen MR) is 81.9 cm³/mol. The van der Waals surface area contributed by atoms with Crippen molar-refractivity contribution in [3.8, 4) is 24.0 Å². The second kappa shape index (κ2) is 7.73. The predicted octanol–water partition coefficient (Wildman–Crippen LogP) is 4.17. The molecule has 1 aromatic carbocycles. The fourth-order valence-corrected chi connectivity index (χ4v) is 2.94. The number of terminal acetylenes is 1. The van der Waals surface area contributed by atoms with Gasteiger partial charge in [0.25, 0.3) is 0 Å². The summed E-state index contributed by atoms with van der Waals surface area (Å²) in [5.41, 5.74) is 0. The van der Waals surface area contributed by atoms with Crippen LogP contribution in [-0.2, 0) is 4.79 Å². The Hall–Kier alpha value is -1.95. The highest BCUT2D eigenvalue weighted by atomic mass is 16.5. The molecule has 21 heavy (non-hydrogen) atoms. The van der Waals surface area contributed by atoms with E-state index in [-0.39, 0.29) is 11.9 Å². The summed E-state index contributed by atoms with van der Waals surface area (Å²) in [6, 6.07) is 6.79. The van der Waals surface area contributed by atoms with E-state index in [4.69, 9.17) is 15.9 Å². The van der Waals surface area contributed by atoms with E-state index in [1.54, 1.807) is 24.3 Å². The van der Waals surface area contributed by atoms with E-state index < -0.39 is 0 Å². The molecular weight excluding hydrogens is 264 g/mol. The molecular formula is C18H22O3. The highest BCUT2D eigenvalue weighted by molar-refractivity contribution is 5.75. The van der Waals surface area contributed by atoms with Gasteiger partial charge in [0, 0.05) is 0 Å². The Balaban J connectivity index is 1.83. The number of carbonyl (C=O) groups excluding carboxylic acids is 1. The van der Waals surface area contributed by atoms with Crippen molar-refractivity contribution in [1.29, 1.82) is 0 Å². The second-order valence-corrected chi connectivity index (χ2v) is 5.62. The van der Waals surface area contributed by atoms with Crippen LogP contribution in [0.5, 0.6) is 11.5 Å². The van der Waals surface area contributed by atoms with Gasteiger partial charge >= 0.3 is 5.97 Å². The van der Waals surface area contributed by atoms with Crippen molar-refractivity contribution >= 4 is 5.97 Å². The van der Waals surface area contributed by atoms with E-state index in [1.807, 2.05) is 0 Å². The van der Waals surface area contributed by atoms with Gasteiger partial charge in [-0.05, 0) is 55.9 Å². The van der Waals surface area contributed by atoms with Crippen molar-refractivity contribution in [3.63, 3.8) is 0 Å².